The molecule has 0 bridgehead atoms. The fourth-order valence-electron chi connectivity index (χ4n) is 6.75. The minimum atomic E-state index is 0.145. The lowest BCUT2D eigenvalue weighted by Gasteiger charge is -2.38. The summed E-state index contributed by atoms with van der Waals surface area (Å²) in [5.74, 6) is 4.08. The fraction of sp³-hybridized carbons (Fsp3) is 0.964. The molecule has 0 unspecified atom stereocenters. The van der Waals surface area contributed by atoms with Crippen LogP contribution in [-0.4, -0.2) is 12.1 Å². The van der Waals surface area contributed by atoms with Gasteiger partial charge in [0.15, 0.2) is 0 Å². The van der Waals surface area contributed by atoms with Gasteiger partial charge in [-0.2, -0.15) is 0 Å². The van der Waals surface area contributed by atoms with Crippen LogP contribution in [-0.2, 0) is 9.53 Å². The standard InChI is InChI=1S/C28H50O2/c1-3-5-7-9-23-12-20-27(21-13-23)30-28(29)26-18-16-25(17-19-26)24-14-10-22(11-15-24)8-6-4-2/h22-27H,3-21H2,1-2H3. The Balaban J connectivity index is 1.29. The second-order valence-electron chi connectivity index (χ2n) is 11.1. The van der Waals surface area contributed by atoms with Crippen LogP contribution in [0.1, 0.15) is 136 Å². The van der Waals surface area contributed by atoms with Crippen LogP contribution >= 0.6 is 0 Å². The van der Waals surface area contributed by atoms with Gasteiger partial charge in [0.1, 0.15) is 6.10 Å². The van der Waals surface area contributed by atoms with Crippen LogP contribution in [0.2, 0.25) is 0 Å². The molecule has 30 heavy (non-hydrogen) atoms. The topological polar surface area (TPSA) is 26.3 Å². The summed E-state index contributed by atoms with van der Waals surface area (Å²) in [6, 6.07) is 0. The third-order valence-electron chi connectivity index (χ3n) is 8.92. The molecule has 0 amide bonds. The summed E-state index contributed by atoms with van der Waals surface area (Å²) in [5.41, 5.74) is 0. The predicted molar refractivity (Wildman–Crippen MR) is 126 cm³/mol. The Labute approximate surface area is 187 Å². The van der Waals surface area contributed by atoms with E-state index in [1.165, 1.54) is 96.3 Å². The van der Waals surface area contributed by atoms with Crippen molar-refractivity contribution >= 4 is 5.97 Å². The second kappa shape index (κ2) is 13.1. The Kier molecular flexibility index (Phi) is 10.5. The van der Waals surface area contributed by atoms with Crippen molar-refractivity contribution < 1.29 is 9.53 Å². The van der Waals surface area contributed by atoms with Gasteiger partial charge in [-0.1, -0.05) is 71.6 Å². The van der Waals surface area contributed by atoms with Gasteiger partial charge in [-0.05, 0) is 87.9 Å². The Hall–Kier alpha value is -0.530. The molecule has 2 heteroatoms. The van der Waals surface area contributed by atoms with Gasteiger partial charge in [-0.15, -0.1) is 0 Å². The smallest absolute Gasteiger partial charge is 0.309 e. The summed E-state index contributed by atoms with van der Waals surface area (Å²) < 4.78 is 6.00. The molecule has 0 spiro atoms. The summed E-state index contributed by atoms with van der Waals surface area (Å²) in [7, 11) is 0. The van der Waals surface area contributed by atoms with Crippen LogP contribution in [0.4, 0.5) is 0 Å². The molecule has 0 saturated heterocycles. The first-order chi connectivity index (χ1) is 14.7. The lowest BCUT2D eigenvalue weighted by molar-refractivity contribution is -0.157. The van der Waals surface area contributed by atoms with Crippen LogP contribution in [0.3, 0.4) is 0 Å². The zero-order chi connectivity index (χ0) is 21.2. The van der Waals surface area contributed by atoms with Crippen LogP contribution in [0.5, 0.6) is 0 Å². The SMILES string of the molecule is CCCCCC1CCC(OC(=O)C2CCC(C3CCC(CCCC)CC3)CC2)CC1. The lowest BCUT2D eigenvalue weighted by Crippen LogP contribution is -2.32. The van der Waals surface area contributed by atoms with E-state index in [1.807, 2.05) is 0 Å². The van der Waals surface area contributed by atoms with Crippen molar-refractivity contribution in [2.45, 2.75) is 142 Å². The van der Waals surface area contributed by atoms with E-state index in [9.17, 15) is 4.79 Å². The van der Waals surface area contributed by atoms with Gasteiger partial charge >= 0.3 is 5.97 Å². The molecule has 3 fully saturated rings. The van der Waals surface area contributed by atoms with Crippen molar-refractivity contribution in [1.82, 2.24) is 0 Å². The van der Waals surface area contributed by atoms with Gasteiger partial charge in [0.2, 0.25) is 0 Å². The van der Waals surface area contributed by atoms with Gasteiger partial charge in [0, 0.05) is 0 Å². The highest BCUT2D eigenvalue weighted by Gasteiger charge is 2.34. The van der Waals surface area contributed by atoms with Gasteiger partial charge < -0.3 is 4.74 Å². The molecule has 0 N–H and O–H groups in total. The van der Waals surface area contributed by atoms with Gasteiger partial charge in [0.05, 0.1) is 5.92 Å². The first kappa shape index (κ1) is 24.1. The monoisotopic (exact) mass is 418 g/mol. The average molecular weight is 419 g/mol. The highest BCUT2D eigenvalue weighted by molar-refractivity contribution is 5.72. The molecule has 0 aromatic carbocycles. The number of hydrogen-bond acceptors (Lipinski definition) is 2. The van der Waals surface area contributed by atoms with Crippen molar-refractivity contribution in [1.29, 1.82) is 0 Å². The molecule has 174 valence electrons. The van der Waals surface area contributed by atoms with E-state index >= 15 is 0 Å². The van der Waals surface area contributed by atoms with Crippen LogP contribution in [0.25, 0.3) is 0 Å². The molecule has 3 saturated carbocycles. The maximum absolute atomic E-state index is 12.8. The summed E-state index contributed by atoms with van der Waals surface area (Å²) in [5, 5.41) is 0. The van der Waals surface area contributed by atoms with Crippen molar-refractivity contribution in [2.24, 2.45) is 29.6 Å². The Morgan fingerprint density at radius 2 is 1.13 bits per heavy atom. The fourth-order valence-corrected chi connectivity index (χ4v) is 6.75. The first-order valence-corrected chi connectivity index (χ1v) is 13.9. The maximum Gasteiger partial charge on any atom is 0.309 e. The molecule has 3 aliphatic rings. The summed E-state index contributed by atoms with van der Waals surface area (Å²) in [6.07, 6.45) is 25.2. The number of ether oxygens (including phenoxy) is 1. The Bertz CT molecular complexity index is 463. The minimum absolute atomic E-state index is 0.145. The molecule has 0 aromatic heterocycles. The highest BCUT2D eigenvalue weighted by atomic mass is 16.5. The van der Waals surface area contributed by atoms with Crippen LogP contribution in [0, 0.1) is 29.6 Å². The molecule has 0 aromatic rings. The van der Waals surface area contributed by atoms with E-state index < -0.39 is 0 Å². The molecule has 0 heterocycles. The third kappa shape index (κ3) is 7.56. The number of esters is 1. The van der Waals surface area contributed by atoms with E-state index in [0.29, 0.717) is 0 Å². The molecule has 2 nitrogen and oxygen atoms in total. The van der Waals surface area contributed by atoms with Crippen molar-refractivity contribution in [3.8, 4) is 0 Å². The maximum atomic E-state index is 12.8. The van der Waals surface area contributed by atoms with Gasteiger partial charge in [-0.3, -0.25) is 4.79 Å². The van der Waals surface area contributed by atoms with Crippen molar-refractivity contribution in [3.63, 3.8) is 0 Å². The molecular weight excluding hydrogens is 368 g/mol. The number of carbonyl (C=O) groups is 1. The number of carbonyl (C=O) groups excluding carboxylic acids is 1. The zero-order valence-corrected chi connectivity index (χ0v) is 20.2. The summed E-state index contributed by atoms with van der Waals surface area (Å²) in [4.78, 5) is 12.8. The van der Waals surface area contributed by atoms with E-state index in [1.54, 1.807) is 0 Å². The van der Waals surface area contributed by atoms with Gasteiger partial charge in [0.25, 0.3) is 0 Å². The minimum Gasteiger partial charge on any atom is -0.462 e. The zero-order valence-electron chi connectivity index (χ0n) is 20.2. The van der Waals surface area contributed by atoms with Crippen molar-refractivity contribution in [2.75, 3.05) is 0 Å². The molecule has 3 rings (SSSR count). The molecule has 0 radical (unpaired) electrons. The van der Waals surface area contributed by atoms with E-state index in [4.69, 9.17) is 4.74 Å². The average Bonchev–Trinajstić information content (AvgIpc) is 2.79. The largest absolute Gasteiger partial charge is 0.462 e. The molecular formula is C28H50O2. The quantitative estimate of drug-likeness (QED) is 0.263. The van der Waals surface area contributed by atoms with E-state index in [0.717, 1.165) is 49.4 Å². The van der Waals surface area contributed by atoms with E-state index in [2.05, 4.69) is 13.8 Å². The molecule has 0 aliphatic heterocycles. The Morgan fingerprint density at radius 3 is 1.70 bits per heavy atom. The highest BCUT2D eigenvalue weighted by Crippen LogP contribution is 2.42. The number of rotatable bonds is 10. The summed E-state index contributed by atoms with van der Waals surface area (Å²) in [6.45, 7) is 4.59. The van der Waals surface area contributed by atoms with Crippen LogP contribution < -0.4 is 0 Å². The van der Waals surface area contributed by atoms with Crippen molar-refractivity contribution in [3.05, 3.63) is 0 Å². The first-order valence-electron chi connectivity index (χ1n) is 13.9. The lowest BCUT2D eigenvalue weighted by atomic mass is 9.68. The second-order valence-corrected chi connectivity index (χ2v) is 11.1. The number of hydrogen-bond donors (Lipinski definition) is 0. The third-order valence-corrected chi connectivity index (χ3v) is 8.92. The van der Waals surface area contributed by atoms with E-state index in [-0.39, 0.29) is 18.0 Å². The molecule has 0 atom stereocenters. The number of unbranched alkanes of at least 4 members (excludes halogenated alkanes) is 3. The molecule has 3 aliphatic carbocycles. The summed E-state index contributed by atoms with van der Waals surface area (Å²) >= 11 is 0. The predicted octanol–water partition coefficient (Wildman–Crippen LogP) is 8.47. The normalized spacial score (nSPS) is 35.1. The van der Waals surface area contributed by atoms with Gasteiger partial charge in [-0.25, -0.2) is 0 Å². The Morgan fingerprint density at radius 1 is 0.633 bits per heavy atom. The van der Waals surface area contributed by atoms with Crippen LogP contribution in [0.15, 0.2) is 0 Å².